The van der Waals surface area contributed by atoms with Crippen LogP contribution in [0.25, 0.3) is 0 Å². The fourth-order valence-electron chi connectivity index (χ4n) is 4.08. The topological polar surface area (TPSA) is 40.1 Å². The molecule has 2 saturated heterocycles. The van der Waals surface area contributed by atoms with E-state index >= 15 is 0 Å². The number of rotatable bonds is 5. The Bertz CT molecular complexity index is 645. The van der Waals surface area contributed by atoms with Crippen molar-refractivity contribution in [3.8, 4) is 0 Å². The standard InChI is InChI=1S/C20H31FN4O.HI/c1-4-24(5-2)18-7-6-16(12-17(18)21)13-23-19(22-3)25-10-8-20(14-25)9-11-26-15-20;/h6-7,12H,4-5,8-11,13-15H2,1-3H3,(H,22,23);1H. The molecule has 0 radical (unpaired) electrons. The molecule has 1 N–H and O–H groups in total. The molecule has 0 aliphatic carbocycles. The van der Waals surface area contributed by atoms with Gasteiger partial charge in [-0.3, -0.25) is 4.99 Å². The van der Waals surface area contributed by atoms with Crippen molar-refractivity contribution in [3.63, 3.8) is 0 Å². The van der Waals surface area contributed by atoms with Crippen LogP contribution in [0.2, 0.25) is 0 Å². The summed E-state index contributed by atoms with van der Waals surface area (Å²) in [6, 6.07) is 5.50. The van der Waals surface area contributed by atoms with Crippen LogP contribution in [-0.2, 0) is 11.3 Å². The van der Waals surface area contributed by atoms with Crippen LogP contribution in [-0.4, -0.2) is 57.3 Å². The van der Waals surface area contributed by atoms with Crippen LogP contribution in [0.15, 0.2) is 23.2 Å². The summed E-state index contributed by atoms with van der Waals surface area (Å²) in [6.07, 6.45) is 2.29. The molecule has 152 valence electrons. The fourth-order valence-corrected chi connectivity index (χ4v) is 4.08. The maximum absolute atomic E-state index is 14.5. The molecule has 1 unspecified atom stereocenters. The van der Waals surface area contributed by atoms with Crippen LogP contribution in [0, 0.1) is 11.2 Å². The molecule has 3 rings (SSSR count). The van der Waals surface area contributed by atoms with E-state index in [1.165, 1.54) is 0 Å². The molecule has 2 fully saturated rings. The van der Waals surface area contributed by atoms with Crippen molar-refractivity contribution in [2.75, 3.05) is 51.3 Å². The molecular weight excluding hydrogens is 458 g/mol. The summed E-state index contributed by atoms with van der Waals surface area (Å²) in [7, 11) is 1.81. The molecular formula is C20H32FIN4O. The first kappa shape index (κ1) is 22.2. The molecule has 2 heterocycles. The normalized spacial score (nSPS) is 22.2. The van der Waals surface area contributed by atoms with Gasteiger partial charge < -0.3 is 19.9 Å². The highest BCUT2D eigenvalue weighted by Gasteiger charge is 2.42. The molecule has 27 heavy (non-hydrogen) atoms. The Hall–Kier alpha value is -1.09. The van der Waals surface area contributed by atoms with Crippen molar-refractivity contribution in [1.82, 2.24) is 10.2 Å². The quantitative estimate of drug-likeness (QED) is 0.390. The first-order valence-corrected chi connectivity index (χ1v) is 9.67. The molecule has 1 atom stereocenters. The molecule has 1 aromatic carbocycles. The SMILES string of the molecule is CCN(CC)c1ccc(CNC(=NC)N2CCC3(CCOC3)C2)cc1F.I. The number of hydrogen-bond donors (Lipinski definition) is 1. The lowest BCUT2D eigenvalue weighted by molar-refractivity contribution is 0.156. The molecule has 0 bridgehead atoms. The molecule has 0 aromatic heterocycles. The number of guanidine groups is 1. The van der Waals surface area contributed by atoms with Crippen LogP contribution in [0.3, 0.4) is 0 Å². The third-order valence-corrected chi connectivity index (χ3v) is 5.70. The number of ether oxygens (including phenoxy) is 1. The predicted molar refractivity (Wildman–Crippen MR) is 120 cm³/mol. The Kier molecular flexibility index (Phi) is 8.15. The minimum absolute atomic E-state index is 0. The van der Waals surface area contributed by atoms with E-state index in [4.69, 9.17) is 4.74 Å². The number of benzene rings is 1. The van der Waals surface area contributed by atoms with Crippen LogP contribution in [0.5, 0.6) is 0 Å². The summed E-state index contributed by atoms with van der Waals surface area (Å²) in [6.45, 7) is 9.98. The summed E-state index contributed by atoms with van der Waals surface area (Å²) in [5.41, 5.74) is 1.90. The first-order chi connectivity index (χ1) is 12.6. The number of nitrogens with one attached hydrogen (secondary N) is 1. The van der Waals surface area contributed by atoms with E-state index in [2.05, 4.69) is 15.2 Å². The predicted octanol–water partition coefficient (Wildman–Crippen LogP) is 3.48. The van der Waals surface area contributed by atoms with Crippen molar-refractivity contribution < 1.29 is 9.13 Å². The Labute approximate surface area is 179 Å². The summed E-state index contributed by atoms with van der Waals surface area (Å²) in [5, 5.41) is 3.39. The lowest BCUT2D eigenvalue weighted by Crippen LogP contribution is -2.41. The third kappa shape index (κ3) is 5.04. The third-order valence-electron chi connectivity index (χ3n) is 5.70. The largest absolute Gasteiger partial charge is 0.381 e. The van der Waals surface area contributed by atoms with Crippen LogP contribution >= 0.6 is 24.0 Å². The molecule has 2 aliphatic rings. The second kappa shape index (κ2) is 9.91. The number of likely N-dealkylation sites (tertiary alicyclic amines) is 1. The lowest BCUT2D eigenvalue weighted by atomic mass is 9.87. The van der Waals surface area contributed by atoms with Gasteiger partial charge >= 0.3 is 0 Å². The molecule has 5 nitrogen and oxygen atoms in total. The van der Waals surface area contributed by atoms with Crippen molar-refractivity contribution in [3.05, 3.63) is 29.6 Å². The van der Waals surface area contributed by atoms with Crippen molar-refractivity contribution in [2.45, 2.75) is 33.2 Å². The highest BCUT2D eigenvalue weighted by Crippen LogP contribution is 2.38. The van der Waals surface area contributed by atoms with Crippen LogP contribution in [0.1, 0.15) is 32.3 Å². The number of aliphatic imine (C=N–C) groups is 1. The summed E-state index contributed by atoms with van der Waals surface area (Å²) < 4.78 is 20.1. The van der Waals surface area contributed by atoms with Crippen molar-refractivity contribution in [2.24, 2.45) is 10.4 Å². The second-order valence-corrected chi connectivity index (χ2v) is 7.33. The average molecular weight is 490 g/mol. The van der Waals surface area contributed by atoms with E-state index in [0.717, 1.165) is 63.8 Å². The van der Waals surface area contributed by atoms with Gasteiger partial charge in [-0.1, -0.05) is 6.07 Å². The van der Waals surface area contributed by atoms with Crippen LogP contribution < -0.4 is 10.2 Å². The monoisotopic (exact) mass is 490 g/mol. The van der Waals surface area contributed by atoms with E-state index < -0.39 is 0 Å². The van der Waals surface area contributed by atoms with E-state index in [9.17, 15) is 4.39 Å². The maximum atomic E-state index is 14.5. The molecule has 2 aliphatic heterocycles. The molecule has 0 amide bonds. The zero-order valence-corrected chi connectivity index (χ0v) is 19.0. The number of halogens is 2. The first-order valence-electron chi connectivity index (χ1n) is 9.67. The van der Waals surface area contributed by atoms with Crippen LogP contribution in [0.4, 0.5) is 10.1 Å². The van der Waals surface area contributed by atoms with Gasteiger partial charge in [0.15, 0.2) is 5.96 Å². The number of anilines is 1. The van der Waals surface area contributed by atoms with Gasteiger partial charge in [-0.15, -0.1) is 24.0 Å². The van der Waals surface area contributed by atoms with Gasteiger partial charge in [-0.2, -0.15) is 0 Å². The zero-order chi connectivity index (χ0) is 18.6. The minimum atomic E-state index is -0.161. The van der Waals surface area contributed by atoms with E-state index in [1.54, 1.807) is 6.07 Å². The zero-order valence-electron chi connectivity index (χ0n) is 16.6. The van der Waals surface area contributed by atoms with Gasteiger partial charge in [0.2, 0.25) is 0 Å². The fraction of sp³-hybridized carbons (Fsp3) is 0.650. The Morgan fingerprint density at radius 1 is 1.33 bits per heavy atom. The molecule has 0 saturated carbocycles. The molecule has 1 spiro atoms. The highest BCUT2D eigenvalue weighted by atomic mass is 127. The van der Waals surface area contributed by atoms with Gasteiger partial charge in [-0.05, 0) is 44.4 Å². The number of hydrogen-bond acceptors (Lipinski definition) is 3. The van der Waals surface area contributed by atoms with Gasteiger partial charge in [0.05, 0.1) is 12.3 Å². The Morgan fingerprint density at radius 2 is 2.11 bits per heavy atom. The van der Waals surface area contributed by atoms with Gasteiger partial charge in [0.25, 0.3) is 0 Å². The van der Waals surface area contributed by atoms with E-state index in [0.29, 0.717) is 17.6 Å². The van der Waals surface area contributed by atoms with Gasteiger partial charge in [0, 0.05) is 51.8 Å². The maximum Gasteiger partial charge on any atom is 0.193 e. The summed E-state index contributed by atoms with van der Waals surface area (Å²) in [5.74, 6) is 0.730. The van der Waals surface area contributed by atoms with Crippen molar-refractivity contribution >= 4 is 35.6 Å². The lowest BCUT2D eigenvalue weighted by Gasteiger charge is -2.25. The Morgan fingerprint density at radius 3 is 2.70 bits per heavy atom. The second-order valence-electron chi connectivity index (χ2n) is 7.33. The Balaban J connectivity index is 0.00000261. The number of nitrogens with zero attached hydrogens (tertiary/aromatic N) is 3. The van der Waals surface area contributed by atoms with Gasteiger partial charge in [0.1, 0.15) is 5.82 Å². The minimum Gasteiger partial charge on any atom is -0.381 e. The van der Waals surface area contributed by atoms with E-state index in [-0.39, 0.29) is 29.8 Å². The van der Waals surface area contributed by atoms with Crippen molar-refractivity contribution in [1.29, 1.82) is 0 Å². The highest BCUT2D eigenvalue weighted by molar-refractivity contribution is 14.0. The summed E-state index contributed by atoms with van der Waals surface area (Å²) >= 11 is 0. The molecule has 7 heteroatoms. The average Bonchev–Trinajstić information content (AvgIpc) is 3.28. The summed E-state index contributed by atoms with van der Waals surface area (Å²) in [4.78, 5) is 8.75. The molecule has 1 aromatic rings. The van der Waals surface area contributed by atoms with E-state index in [1.807, 2.05) is 37.9 Å². The van der Waals surface area contributed by atoms with Gasteiger partial charge in [-0.25, -0.2) is 4.39 Å². The smallest absolute Gasteiger partial charge is 0.193 e.